The Labute approximate surface area is 136 Å². The van der Waals surface area contributed by atoms with Gasteiger partial charge in [0.25, 0.3) is 0 Å². The van der Waals surface area contributed by atoms with E-state index in [0.29, 0.717) is 22.6 Å². The second-order valence-corrected chi connectivity index (χ2v) is 5.76. The standard InChI is InChI=1S/C17H12BrN3O/c1-10-2-7-16(22-10)13-8-15(21-17(20)14(13)9-19)11-3-5-12(18)6-4-11/h2-8H,1H3,(H2,20,21). The van der Waals surface area contributed by atoms with Crippen molar-refractivity contribution in [3.8, 4) is 28.7 Å². The number of aryl methyl sites for hydroxylation is 1. The summed E-state index contributed by atoms with van der Waals surface area (Å²) in [5.74, 6) is 1.59. The van der Waals surface area contributed by atoms with Gasteiger partial charge in [-0.2, -0.15) is 5.26 Å². The third-order valence-electron chi connectivity index (χ3n) is 3.31. The Hall–Kier alpha value is -2.58. The van der Waals surface area contributed by atoms with Crippen LogP contribution in [0.1, 0.15) is 11.3 Å². The lowest BCUT2D eigenvalue weighted by Crippen LogP contribution is -1.99. The second kappa shape index (κ2) is 5.66. The van der Waals surface area contributed by atoms with Crippen LogP contribution in [0, 0.1) is 18.3 Å². The maximum absolute atomic E-state index is 9.35. The van der Waals surface area contributed by atoms with Crippen LogP contribution in [-0.2, 0) is 0 Å². The number of nitriles is 1. The van der Waals surface area contributed by atoms with Gasteiger partial charge in [0.1, 0.15) is 29.0 Å². The van der Waals surface area contributed by atoms with Gasteiger partial charge in [-0.3, -0.25) is 0 Å². The molecule has 108 valence electrons. The first-order valence-corrected chi connectivity index (χ1v) is 7.41. The third kappa shape index (κ3) is 2.61. The van der Waals surface area contributed by atoms with E-state index in [1.54, 1.807) is 0 Å². The highest BCUT2D eigenvalue weighted by atomic mass is 79.9. The van der Waals surface area contributed by atoms with E-state index in [1.165, 1.54) is 0 Å². The number of nitrogen functional groups attached to an aromatic ring is 1. The van der Waals surface area contributed by atoms with Crippen molar-refractivity contribution in [2.75, 3.05) is 5.73 Å². The first kappa shape index (κ1) is 14.4. The first-order valence-electron chi connectivity index (χ1n) is 6.62. The summed E-state index contributed by atoms with van der Waals surface area (Å²) in [5.41, 5.74) is 8.56. The summed E-state index contributed by atoms with van der Waals surface area (Å²) in [7, 11) is 0. The number of benzene rings is 1. The molecule has 1 aromatic carbocycles. The molecule has 3 aromatic rings. The minimum Gasteiger partial charge on any atom is -0.461 e. The fourth-order valence-electron chi connectivity index (χ4n) is 2.22. The van der Waals surface area contributed by atoms with Crippen LogP contribution in [-0.4, -0.2) is 4.98 Å². The minimum atomic E-state index is 0.201. The van der Waals surface area contributed by atoms with Crippen LogP contribution in [0.4, 0.5) is 5.82 Å². The molecule has 0 saturated heterocycles. The minimum absolute atomic E-state index is 0.201. The van der Waals surface area contributed by atoms with E-state index in [9.17, 15) is 5.26 Å². The SMILES string of the molecule is Cc1ccc(-c2cc(-c3ccc(Br)cc3)nc(N)c2C#N)o1. The van der Waals surface area contributed by atoms with E-state index in [4.69, 9.17) is 10.2 Å². The molecule has 2 heterocycles. The smallest absolute Gasteiger partial charge is 0.142 e. The van der Waals surface area contributed by atoms with Crippen LogP contribution in [0.2, 0.25) is 0 Å². The molecule has 0 radical (unpaired) electrons. The zero-order chi connectivity index (χ0) is 15.7. The maximum atomic E-state index is 9.35. The topological polar surface area (TPSA) is 75.8 Å². The van der Waals surface area contributed by atoms with Crippen LogP contribution in [0.3, 0.4) is 0 Å². The van der Waals surface area contributed by atoms with Gasteiger partial charge in [-0.05, 0) is 37.3 Å². The highest BCUT2D eigenvalue weighted by molar-refractivity contribution is 9.10. The third-order valence-corrected chi connectivity index (χ3v) is 3.83. The van der Waals surface area contributed by atoms with Crippen molar-refractivity contribution in [2.45, 2.75) is 6.92 Å². The van der Waals surface area contributed by atoms with Crippen molar-refractivity contribution in [1.29, 1.82) is 5.26 Å². The summed E-state index contributed by atoms with van der Waals surface area (Å²) in [5, 5.41) is 9.35. The number of hydrogen-bond acceptors (Lipinski definition) is 4. The molecule has 3 rings (SSSR count). The number of nitrogens with two attached hydrogens (primary N) is 1. The van der Waals surface area contributed by atoms with Crippen molar-refractivity contribution in [2.24, 2.45) is 0 Å². The lowest BCUT2D eigenvalue weighted by atomic mass is 10.0. The van der Waals surface area contributed by atoms with Crippen LogP contribution < -0.4 is 5.73 Å². The zero-order valence-corrected chi connectivity index (χ0v) is 13.4. The van der Waals surface area contributed by atoms with Crippen molar-refractivity contribution in [3.63, 3.8) is 0 Å². The van der Waals surface area contributed by atoms with E-state index >= 15 is 0 Å². The van der Waals surface area contributed by atoms with Gasteiger partial charge in [0.2, 0.25) is 0 Å². The van der Waals surface area contributed by atoms with Gasteiger partial charge in [0.15, 0.2) is 0 Å². The average molecular weight is 354 g/mol. The lowest BCUT2D eigenvalue weighted by Gasteiger charge is -2.08. The molecule has 0 fully saturated rings. The predicted molar refractivity (Wildman–Crippen MR) is 88.9 cm³/mol. The fraction of sp³-hybridized carbons (Fsp3) is 0.0588. The monoisotopic (exact) mass is 353 g/mol. The van der Waals surface area contributed by atoms with Crippen molar-refractivity contribution in [1.82, 2.24) is 4.98 Å². The van der Waals surface area contributed by atoms with Gasteiger partial charge in [-0.15, -0.1) is 0 Å². The quantitative estimate of drug-likeness (QED) is 0.733. The number of aromatic nitrogens is 1. The van der Waals surface area contributed by atoms with Crippen LogP contribution in [0.5, 0.6) is 0 Å². The zero-order valence-electron chi connectivity index (χ0n) is 11.8. The molecule has 0 aliphatic heterocycles. The van der Waals surface area contributed by atoms with E-state index in [0.717, 1.165) is 15.8 Å². The molecule has 0 bridgehead atoms. The van der Waals surface area contributed by atoms with Crippen molar-refractivity contribution < 1.29 is 4.42 Å². The molecule has 22 heavy (non-hydrogen) atoms. The Morgan fingerprint density at radius 2 is 1.91 bits per heavy atom. The van der Waals surface area contributed by atoms with Crippen molar-refractivity contribution >= 4 is 21.7 Å². The van der Waals surface area contributed by atoms with Crippen LogP contribution in [0.15, 0.2) is 51.4 Å². The summed E-state index contributed by atoms with van der Waals surface area (Å²) < 4.78 is 6.62. The van der Waals surface area contributed by atoms with Gasteiger partial charge >= 0.3 is 0 Å². The normalized spacial score (nSPS) is 10.4. The molecule has 2 aromatic heterocycles. The molecule has 4 nitrogen and oxygen atoms in total. The second-order valence-electron chi connectivity index (χ2n) is 4.84. The van der Waals surface area contributed by atoms with Gasteiger partial charge < -0.3 is 10.2 Å². The highest BCUT2D eigenvalue weighted by Gasteiger charge is 2.15. The van der Waals surface area contributed by atoms with E-state index in [2.05, 4.69) is 27.0 Å². The molecular weight excluding hydrogens is 342 g/mol. The molecule has 0 unspecified atom stereocenters. The molecule has 0 aliphatic rings. The predicted octanol–water partition coefficient (Wildman–Crippen LogP) is 4.53. The van der Waals surface area contributed by atoms with E-state index < -0.39 is 0 Å². The summed E-state index contributed by atoms with van der Waals surface area (Å²) in [6, 6.07) is 15.4. The molecule has 0 spiro atoms. The Balaban J connectivity index is 2.20. The van der Waals surface area contributed by atoms with Crippen LogP contribution in [0.25, 0.3) is 22.6 Å². The Morgan fingerprint density at radius 1 is 1.18 bits per heavy atom. The summed E-state index contributed by atoms with van der Waals surface area (Å²) in [4.78, 5) is 4.34. The molecule has 0 atom stereocenters. The molecule has 0 aliphatic carbocycles. The van der Waals surface area contributed by atoms with Crippen molar-refractivity contribution in [3.05, 3.63) is 58.3 Å². The number of rotatable bonds is 2. The van der Waals surface area contributed by atoms with Gasteiger partial charge in [-0.1, -0.05) is 28.1 Å². The Kier molecular flexibility index (Phi) is 3.70. The lowest BCUT2D eigenvalue weighted by molar-refractivity contribution is 0.548. The number of anilines is 1. The number of halogens is 1. The summed E-state index contributed by atoms with van der Waals surface area (Å²) in [6.45, 7) is 1.86. The molecule has 2 N–H and O–H groups in total. The Morgan fingerprint density at radius 3 is 2.50 bits per heavy atom. The molecule has 0 amide bonds. The number of nitrogens with zero attached hydrogens (tertiary/aromatic N) is 2. The molecule has 0 saturated carbocycles. The van der Waals surface area contributed by atoms with Gasteiger partial charge in [-0.25, -0.2) is 4.98 Å². The van der Waals surface area contributed by atoms with Crippen LogP contribution >= 0.6 is 15.9 Å². The highest BCUT2D eigenvalue weighted by Crippen LogP contribution is 2.32. The summed E-state index contributed by atoms with van der Waals surface area (Å²) >= 11 is 3.41. The largest absolute Gasteiger partial charge is 0.461 e. The average Bonchev–Trinajstić information content (AvgIpc) is 2.93. The first-order chi connectivity index (χ1) is 10.6. The van der Waals surface area contributed by atoms with E-state index in [1.807, 2.05) is 49.4 Å². The molecular formula is C17H12BrN3O. The number of pyridine rings is 1. The van der Waals surface area contributed by atoms with Gasteiger partial charge in [0.05, 0.1) is 5.69 Å². The Bertz CT molecular complexity index is 876. The van der Waals surface area contributed by atoms with E-state index in [-0.39, 0.29) is 5.82 Å². The maximum Gasteiger partial charge on any atom is 0.142 e. The summed E-state index contributed by atoms with van der Waals surface area (Å²) in [6.07, 6.45) is 0. The molecule has 5 heteroatoms. The number of hydrogen-bond donors (Lipinski definition) is 1. The fourth-order valence-corrected chi connectivity index (χ4v) is 2.49. The number of furan rings is 1. The van der Waals surface area contributed by atoms with Gasteiger partial charge in [0, 0.05) is 15.6 Å².